The Morgan fingerprint density at radius 3 is 2.50 bits per heavy atom. The molecule has 0 radical (unpaired) electrons. The normalized spacial score (nSPS) is 19.6. The van der Waals surface area contributed by atoms with Gasteiger partial charge < -0.3 is 5.32 Å². The van der Waals surface area contributed by atoms with Crippen LogP contribution in [0.3, 0.4) is 0 Å². The molecule has 0 aliphatic heterocycles. The maximum absolute atomic E-state index is 13.0. The first kappa shape index (κ1) is 13.3. The summed E-state index contributed by atoms with van der Waals surface area (Å²) >= 11 is 0. The van der Waals surface area contributed by atoms with E-state index in [1.165, 1.54) is 12.1 Å². The van der Waals surface area contributed by atoms with Gasteiger partial charge in [-0.1, -0.05) is 12.1 Å². The van der Waals surface area contributed by atoms with E-state index in [4.69, 9.17) is 0 Å². The summed E-state index contributed by atoms with van der Waals surface area (Å²) < 4.78 is 51.2. The van der Waals surface area contributed by atoms with Gasteiger partial charge in [0, 0.05) is 6.04 Å². The van der Waals surface area contributed by atoms with E-state index in [9.17, 15) is 17.6 Å². The van der Waals surface area contributed by atoms with Crippen molar-refractivity contribution in [1.29, 1.82) is 0 Å². The second kappa shape index (κ2) is 4.53. The number of nitrogens with one attached hydrogen (secondary N) is 1. The third kappa shape index (κ3) is 2.83. The molecular formula is C13H15F4N. The van der Waals surface area contributed by atoms with Crippen LogP contribution in [0.15, 0.2) is 24.3 Å². The molecular weight excluding hydrogens is 246 g/mol. The summed E-state index contributed by atoms with van der Waals surface area (Å²) in [7, 11) is 0. The van der Waals surface area contributed by atoms with Crippen LogP contribution in [0.2, 0.25) is 0 Å². The zero-order chi connectivity index (χ0) is 13.4. The third-order valence-electron chi connectivity index (χ3n) is 3.25. The highest BCUT2D eigenvalue weighted by molar-refractivity contribution is 5.18. The predicted octanol–water partition coefficient (Wildman–Crippen LogP) is 3.44. The quantitative estimate of drug-likeness (QED) is 0.819. The second-order valence-electron chi connectivity index (χ2n) is 4.96. The first-order valence-electron chi connectivity index (χ1n) is 5.91. The van der Waals surface area contributed by atoms with Gasteiger partial charge in [-0.3, -0.25) is 0 Å². The van der Waals surface area contributed by atoms with Gasteiger partial charge in [-0.2, -0.15) is 13.2 Å². The number of benzene rings is 1. The topological polar surface area (TPSA) is 12.0 Å². The average Bonchev–Trinajstić information content (AvgIpc) is 2.97. The van der Waals surface area contributed by atoms with Crippen LogP contribution in [0.25, 0.3) is 0 Å². The van der Waals surface area contributed by atoms with Crippen LogP contribution < -0.4 is 5.32 Å². The molecule has 1 atom stereocenters. The van der Waals surface area contributed by atoms with E-state index in [2.05, 4.69) is 5.32 Å². The van der Waals surface area contributed by atoms with Crippen molar-refractivity contribution in [2.24, 2.45) is 0 Å². The number of hydrogen-bond donors (Lipinski definition) is 1. The first-order valence-corrected chi connectivity index (χ1v) is 5.91. The molecule has 1 aliphatic carbocycles. The molecule has 1 aliphatic rings. The van der Waals surface area contributed by atoms with Gasteiger partial charge in [0.2, 0.25) is 0 Å². The van der Waals surface area contributed by atoms with Gasteiger partial charge in [-0.05, 0) is 43.9 Å². The van der Waals surface area contributed by atoms with E-state index in [0.29, 0.717) is 12.0 Å². The molecule has 2 rings (SSSR count). The minimum atomic E-state index is -4.21. The molecule has 1 unspecified atom stereocenters. The van der Waals surface area contributed by atoms with Gasteiger partial charge in [0.25, 0.3) is 0 Å². The Morgan fingerprint density at radius 1 is 1.33 bits per heavy atom. The van der Waals surface area contributed by atoms with Gasteiger partial charge in [0.1, 0.15) is 11.4 Å². The standard InChI is InChI=1S/C13H15F4N/c1-9(7-10-3-2-4-11(14)8-10)18-12(5-6-12)13(15,16)17/h2-4,8-9,18H,5-7H2,1H3. The van der Waals surface area contributed by atoms with E-state index in [-0.39, 0.29) is 24.7 Å². The van der Waals surface area contributed by atoms with E-state index in [1.807, 2.05) is 0 Å². The summed E-state index contributed by atoms with van der Waals surface area (Å²) in [5.74, 6) is -0.364. The van der Waals surface area contributed by atoms with Crippen molar-refractivity contribution in [2.75, 3.05) is 0 Å². The van der Waals surface area contributed by atoms with Crippen LogP contribution in [0.4, 0.5) is 17.6 Å². The molecule has 0 aromatic heterocycles. The molecule has 100 valence electrons. The maximum atomic E-state index is 13.0. The van der Waals surface area contributed by atoms with Crippen LogP contribution in [0, 0.1) is 5.82 Å². The Morgan fingerprint density at radius 2 is 2.00 bits per heavy atom. The minimum absolute atomic E-state index is 0.129. The summed E-state index contributed by atoms with van der Waals surface area (Å²) in [4.78, 5) is 0. The predicted molar refractivity (Wildman–Crippen MR) is 60.7 cm³/mol. The second-order valence-corrected chi connectivity index (χ2v) is 4.96. The van der Waals surface area contributed by atoms with Gasteiger partial charge >= 0.3 is 6.18 Å². The van der Waals surface area contributed by atoms with Crippen LogP contribution in [0.1, 0.15) is 25.3 Å². The molecule has 1 saturated carbocycles. The first-order chi connectivity index (χ1) is 8.32. The number of alkyl halides is 3. The molecule has 5 heteroatoms. The van der Waals surface area contributed by atoms with Crippen molar-refractivity contribution in [2.45, 2.75) is 43.9 Å². The lowest BCUT2D eigenvalue weighted by Gasteiger charge is -2.25. The van der Waals surface area contributed by atoms with Crippen molar-refractivity contribution >= 4 is 0 Å². The SMILES string of the molecule is CC(Cc1cccc(F)c1)NC1(C(F)(F)F)CC1. The Balaban J connectivity index is 1.96. The Hall–Kier alpha value is -1.10. The number of rotatable bonds is 4. The Bertz CT molecular complexity index is 423. The summed E-state index contributed by atoms with van der Waals surface area (Å²) in [6.45, 7) is 1.69. The van der Waals surface area contributed by atoms with Gasteiger partial charge in [-0.25, -0.2) is 4.39 Å². The molecule has 1 aromatic carbocycles. The molecule has 1 aromatic rings. The van der Waals surface area contributed by atoms with Crippen molar-refractivity contribution in [3.8, 4) is 0 Å². The van der Waals surface area contributed by atoms with Crippen LogP contribution >= 0.6 is 0 Å². The Labute approximate surface area is 103 Å². The zero-order valence-corrected chi connectivity index (χ0v) is 10.0. The lowest BCUT2D eigenvalue weighted by Crippen LogP contribution is -2.49. The van der Waals surface area contributed by atoms with E-state index < -0.39 is 11.7 Å². The average molecular weight is 261 g/mol. The van der Waals surface area contributed by atoms with Crippen LogP contribution in [0.5, 0.6) is 0 Å². The number of hydrogen-bond acceptors (Lipinski definition) is 1. The highest BCUT2D eigenvalue weighted by Gasteiger charge is 2.63. The molecule has 1 fully saturated rings. The fourth-order valence-electron chi connectivity index (χ4n) is 2.17. The molecule has 1 N–H and O–H groups in total. The lowest BCUT2D eigenvalue weighted by atomic mass is 10.1. The largest absolute Gasteiger partial charge is 0.406 e. The summed E-state index contributed by atoms with van der Waals surface area (Å²) in [6.07, 6.45) is -3.56. The van der Waals surface area contributed by atoms with Crippen molar-refractivity contribution in [1.82, 2.24) is 5.32 Å². The minimum Gasteiger partial charge on any atom is -0.301 e. The van der Waals surface area contributed by atoms with Crippen molar-refractivity contribution in [3.63, 3.8) is 0 Å². The van der Waals surface area contributed by atoms with Crippen LogP contribution in [-0.2, 0) is 6.42 Å². The molecule has 0 saturated heterocycles. The van der Waals surface area contributed by atoms with E-state index in [0.717, 1.165) is 0 Å². The molecule has 18 heavy (non-hydrogen) atoms. The van der Waals surface area contributed by atoms with Gasteiger partial charge in [-0.15, -0.1) is 0 Å². The Kier molecular flexibility index (Phi) is 3.36. The van der Waals surface area contributed by atoms with Crippen molar-refractivity contribution < 1.29 is 17.6 Å². The monoisotopic (exact) mass is 261 g/mol. The van der Waals surface area contributed by atoms with Gasteiger partial charge in [0.15, 0.2) is 0 Å². The molecule has 0 bridgehead atoms. The summed E-state index contributed by atoms with van der Waals surface area (Å²) in [5.41, 5.74) is -1.01. The summed E-state index contributed by atoms with van der Waals surface area (Å²) in [5, 5.41) is 2.63. The highest BCUT2D eigenvalue weighted by atomic mass is 19.4. The number of halogens is 4. The zero-order valence-electron chi connectivity index (χ0n) is 10.0. The summed E-state index contributed by atoms with van der Waals surface area (Å²) in [6, 6.07) is 5.61. The maximum Gasteiger partial charge on any atom is 0.406 e. The lowest BCUT2D eigenvalue weighted by molar-refractivity contribution is -0.167. The fraction of sp³-hybridized carbons (Fsp3) is 0.538. The molecule has 1 nitrogen and oxygen atoms in total. The third-order valence-corrected chi connectivity index (χ3v) is 3.25. The highest BCUT2D eigenvalue weighted by Crippen LogP contribution is 2.49. The van der Waals surface area contributed by atoms with E-state index in [1.54, 1.807) is 19.1 Å². The smallest absolute Gasteiger partial charge is 0.301 e. The molecule has 0 heterocycles. The fourth-order valence-corrected chi connectivity index (χ4v) is 2.17. The molecule has 0 amide bonds. The van der Waals surface area contributed by atoms with Crippen molar-refractivity contribution in [3.05, 3.63) is 35.6 Å². The van der Waals surface area contributed by atoms with E-state index >= 15 is 0 Å². The van der Waals surface area contributed by atoms with Crippen LogP contribution in [-0.4, -0.2) is 17.8 Å². The molecule has 0 spiro atoms. The van der Waals surface area contributed by atoms with Gasteiger partial charge in [0.05, 0.1) is 0 Å².